The topological polar surface area (TPSA) is 26.3 Å². The lowest BCUT2D eigenvalue weighted by Gasteiger charge is -2.20. The largest absolute Gasteiger partial charge is 0.495 e. The summed E-state index contributed by atoms with van der Waals surface area (Å²) in [6.07, 6.45) is 3.09. The van der Waals surface area contributed by atoms with Crippen molar-refractivity contribution in [2.24, 2.45) is 5.92 Å². The van der Waals surface area contributed by atoms with Crippen molar-refractivity contribution in [2.75, 3.05) is 7.11 Å². The van der Waals surface area contributed by atoms with Crippen LogP contribution in [0.15, 0.2) is 11.6 Å². The predicted octanol–water partition coefficient (Wildman–Crippen LogP) is 4.77. The van der Waals surface area contributed by atoms with Crippen molar-refractivity contribution in [3.8, 4) is 5.75 Å². The molecule has 100 valence electrons. The van der Waals surface area contributed by atoms with Gasteiger partial charge in [-0.15, -0.1) is 0 Å². The molecule has 0 fully saturated rings. The molecule has 0 spiro atoms. The molecular weight excluding hydrogens is 283 g/mol. The number of hydrogen-bond donors (Lipinski definition) is 0. The zero-order valence-electron chi connectivity index (χ0n) is 10.8. The molecule has 1 atom stereocenters. The zero-order valence-corrected chi connectivity index (χ0v) is 12.4. The number of ether oxygens (including phenoxy) is 1. The van der Waals surface area contributed by atoms with Crippen LogP contribution in [0.1, 0.15) is 42.1 Å². The van der Waals surface area contributed by atoms with Crippen molar-refractivity contribution in [1.29, 1.82) is 0 Å². The quantitative estimate of drug-likeness (QED) is 0.746. The number of halogens is 2. The van der Waals surface area contributed by atoms with Crippen molar-refractivity contribution in [1.82, 2.24) is 0 Å². The lowest BCUT2D eigenvalue weighted by atomic mass is 9.84. The van der Waals surface area contributed by atoms with E-state index in [0.717, 1.165) is 36.0 Å². The van der Waals surface area contributed by atoms with Gasteiger partial charge >= 0.3 is 0 Å². The molecule has 2 aliphatic rings. The first-order chi connectivity index (χ1) is 9.06. The van der Waals surface area contributed by atoms with Crippen LogP contribution in [0.25, 0.3) is 5.57 Å². The third-order valence-corrected chi connectivity index (χ3v) is 4.92. The molecule has 0 aromatic heterocycles. The number of fused-ring (bicyclic) bond motifs is 2. The number of hydrogen-bond acceptors (Lipinski definition) is 2. The van der Waals surface area contributed by atoms with Gasteiger partial charge in [0.2, 0.25) is 0 Å². The molecule has 2 aliphatic carbocycles. The second-order valence-corrected chi connectivity index (χ2v) is 5.90. The number of Topliss-reactive ketones (excluding diaryl/α,β-unsaturated/α-hetero) is 1. The van der Waals surface area contributed by atoms with Crippen LogP contribution < -0.4 is 4.74 Å². The second-order valence-electron chi connectivity index (χ2n) is 5.14. The SMILES string of the molecule is COc1cc2c(c(Cl)c1Cl)C(=O)C1=C2CCC[C@H]1C. The van der Waals surface area contributed by atoms with E-state index in [1.54, 1.807) is 7.11 Å². The second kappa shape index (κ2) is 4.53. The molecule has 3 rings (SSSR count). The normalized spacial score (nSPS) is 21.5. The smallest absolute Gasteiger partial charge is 0.191 e. The number of allylic oxidation sites excluding steroid dienone is 2. The lowest BCUT2D eigenvalue weighted by Crippen LogP contribution is -2.11. The molecule has 2 nitrogen and oxygen atoms in total. The Kier molecular flexibility index (Phi) is 3.11. The standard InChI is InChI=1S/C15H14Cl2O2/c1-7-4-3-5-8-9-6-10(19-2)13(16)14(17)12(9)15(18)11(7)8/h6-7H,3-5H2,1-2H3/t7-/m1/s1. The Bertz CT molecular complexity index is 617. The Morgan fingerprint density at radius 3 is 2.74 bits per heavy atom. The molecular formula is C15H14Cl2O2. The first kappa shape index (κ1) is 13.0. The summed E-state index contributed by atoms with van der Waals surface area (Å²) in [5.74, 6) is 0.876. The maximum absolute atomic E-state index is 12.6. The van der Waals surface area contributed by atoms with Crippen LogP contribution in [-0.4, -0.2) is 12.9 Å². The van der Waals surface area contributed by atoms with E-state index in [0.29, 0.717) is 27.3 Å². The Balaban J connectivity index is 2.27. The van der Waals surface area contributed by atoms with Gasteiger partial charge in [0.15, 0.2) is 5.78 Å². The molecule has 0 saturated heterocycles. The van der Waals surface area contributed by atoms with Gasteiger partial charge < -0.3 is 4.74 Å². The van der Waals surface area contributed by atoms with E-state index in [2.05, 4.69) is 6.92 Å². The summed E-state index contributed by atoms with van der Waals surface area (Å²) in [4.78, 5) is 12.6. The summed E-state index contributed by atoms with van der Waals surface area (Å²) in [7, 11) is 1.56. The van der Waals surface area contributed by atoms with Crippen LogP contribution in [0.3, 0.4) is 0 Å². The van der Waals surface area contributed by atoms with Gasteiger partial charge in [0, 0.05) is 5.57 Å². The molecule has 4 heteroatoms. The fraction of sp³-hybridized carbons (Fsp3) is 0.400. The molecule has 0 amide bonds. The number of ketones is 1. The van der Waals surface area contributed by atoms with E-state index in [1.807, 2.05) is 6.07 Å². The highest BCUT2D eigenvalue weighted by Crippen LogP contribution is 2.49. The summed E-state index contributed by atoms with van der Waals surface area (Å²) in [5.41, 5.74) is 3.53. The van der Waals surface area contributed by atoms with Crippen molar-refractivity contribution < 1.29 is 9.53 Å². The van der Waals surface area contributed by atoms with Gasteiger partial charge in [0.1, 0.15) is 10.8 Å². The highest BCUT2D eigenvalue weighted by Gasteiger charge is 2.37. The average molecular weight is 297 g/mol. The number of methoxy groups -OCH3 is 1. The highest BCUT2D eigenvalue weighted by atomic mass is 35.5. The van der Waals surface area contributed by atoms with E-state index in [1.165, 1.54) is 0 Å². The molecule has 19 heavy (non-hydrogen) atoms. The van der Waals surface area contributed by atoms with Gasteiger partial charge in [-0.2, -0.15) is 0 Å². The molecule has 0 radical (unpaired) electrons. The third kappa shape index (κ3) is 1.73. The molecule has 0 saturated carbocycles. The van der Waals surface area contributed by atoms with E-state index in [4.69, 9.17) is 27.9 Å². The van der Waals surface area contributed by atoms with Gasteiger partial charge in [-0.1, -0.05) is 30.1 Å². The lowest BCUT2D eigenvalue weighted by molar-refractivity contribution is 0.102. The Morgan fingerprint density at radius 2 is 2.05 bits per heavy atom. The summed E-state index contributed by atoms with van der Waals surface area (Å²) in [6, 6.07) is 1.85. The van der Waals surface area contributed by atoms with Crippen LogP contribution in [0.4, 0.5) is 0 Å². The number of rotatable bonds is 1. The van der Waals surface area contributed by atoms with E-state index in [9.17, 15) is 4.79 Å². The van der Waals surface area contributed by atoms with Crippen LogP contribution in [0.5, 0.6) is 5.75 Å². The first-order valence-electron chi connectivity index (χ1n) is 6.40. The molecule has 0 aliphatic heterocycles. The summed E-state index contributed by atoms with van der Waals surface area (Å²) >= 11 is 12.4. The monoisotopic (exact) mass is 296 g/mol. The van der Waals surface area contributed by atoms with Crippen molar-refractivity contribution >= 4 is 34.6 Å². The van der Waals surface area contributed by atoms with E-state index in [-0.39, 0.29) is 5.78 Å². The zero-order chi connectivity index (χ0) is 13.7. The van der Waals surface area contributed by atoms with Gasteiger partial charge in [0.25, 0.3) is 0 Å². The third-order valence-electron chi connectivity index (χ3n) is 4.07. The van der Waals surface area contributed by atoms with Crippen molar-refractivity contribution in [3.63, 3.8) is 0 Å². The molecule has 0 unspecified atom stereocenters. The maximum atomic E-state index is 12.6. The average Bonchev–Trinajstić information content (AvgIpc) is 2.68. The fourth-order valence-corrected chi connectivity index (χ4v) is 3.65. The molecule has 1 aromatic rings. The van der Waals surface area contributed by atoms with Gasteiger partial charge in [-0.3, -0.25) is 4.79 Å². The number of benzene rings is 1. The van der Waals surface area contributed by atoms with Crippen LogP contribution in [-0.2, 0) is 0 Å². The minimum Gasteiger partial charge on any atom is -0.495 e. The Hall–Kier alpha value is -0.990. The van der Waals surface area contributed by atoms with Gasteiger partial charge in [-0.25, -0.2) is 0 Å². The Labute approximate surface area is 122 Å². The first-order valence-corrected chi connectivity index (χ1v) is 7.16. The highest BCUT2D eigenvalue weighted by molar-refractivity contribution is 6.46. The summed E-state index contributed by atoms with van der Waals surface area (Å²) in [6.45, 7) is 2.10. The van der Waals surface area contributed by atoms with Crippen LogP contribution in [0.2, 0.25) is 10.0 Å². The van der Waals surface area contributed by atoms with Crippen LogP contribution in [0, 0.1) is 5.92 Å². The molecule has 1 aromatic carbocycles. The van der Waals surface area contributed by atoms with Gasteiger partial charge in [-0.05, 0) is 42.4 Å². The van der Waals surface area contributed by atoms with Gasteiger partial charge in [0.05, 0.1) is 17.7 Å². The minimum absolute atomic E-state index is 0.0479. The fourth-order valence-electron chi connectivity index (χ4n) is 3.15. The van der Waals surface area contributed by atoms with Crippen LogP contribution >= 0.6 is 23.2 Å². The number of carbonyl (C=O) groups excluding carboxylic acids is 1. The van der Waals surface area contributed by atoms with Crippen molar-refractivity contribution in [3.05, 3.63) is 32.8 Å². The Morgan fingerprint density at radius 1 is 1.32 bits per heavy atom. The molecule has 0 bridgehead atoms. The molecule has 0 heterocycles. The summed E-state index contributed by atoms with van der Waals surface area (Å²) in [5, 5.41) is 0.645. The molecule has 0 N–H and O–H groups in total. The number of carbonyl (C=O) groups is 1. The summed E-state index contributed by atoms with van der Waals surface area (Å²) < 4.78 is 5.24. The minimum atomic E-state index is 0.0479. The van der Waals surface area contributed by atoms with Crippen molar-refractivity contribution in [2.45, 2.75) is 26.2 Å². The van der Waals surface area contributed by atoms with E-state index >= 15 is 0 Å². The van der Waals surface area contributed by atoms with E-state index < -0.39 is 0 Å². The predicted molar refractivity (Wildman–Crippen MR) is 77.3 cm³/mol. The maximum Gasteiger partial charge on any atom is 0.191 e.